The predicted molar refractivity (Wildman–Crippen MR) is 55.7 cm³/mol. The van der Waals surface area contributed by atoms with Gasteiger partial charge in [-0.2, -0.15) is 0 Å². The van der Waals surface area contributed by atoms with Crippen LogP contribution in [0.4, 0.5) is 4.39 Å². The van der Waals surface area contributed by atoms with Crippen molar-refractivity contribution in [3.63, 3.8) is 0 Å². The van der Waals surface area contributed by atoms with Crippen molar-refractivity contribution in [1.82, 2.24) is 0 Å². The Kier molecular flexibility index (Phi) is 3.80. The average Bonchev–Trinajstić information content (AvgIpc) is 2.18. The normalized spacial score (nSPS) is 12.5. The van der Waals surface area contributed by atoms with Gasteiger partial charge in [-0.25, -0.2) is 4.39 Å². The Hall–Kier alpha value is -1.42. The van der Waals surface area contributed by atoms with Crippen molar-refractivity contribution < 1.29 is 14.6 Å². The van der Waals surface area contributed by atoms with Crippen molar-refractivity contribution in [2.24, 2.45) is 0 Å². The summed E-state index contributed by atoms with van der Waals surface area (Å²) in [5, 5.41) is 26.0. The highest BCUT2D eigenvalue weighted by atomic mass is 18.2. The summed E-state index contributed by atoms with van der Waals surface area (Å²) in [6.07, 6.45) is 0.122. The van der Waals surface area contributed by atoms with Crippen LogP contribution >= 0.6 is 0 Å². The van der Waals surface area contributed by atoms with E-state index >= 15 is 0 Å². The summed E-state index contributed by atoms with van der Waals surface area (Å²) in [6.45, 7) is 1.66. The zero-order valence-corrected chi connectivity index (χ0v) is 8.50. The van der Waals surface area contributed by atoms with Gasteiger partial charge in [0.15, 0.2) is 11.6 Å². The first kappa shape index (κ1) is 11.7. The number of phenols is 1. The fraction of sp³-hybridized carbons (Fsp3) is 0.364. The Morgan fingerprint density at radius 2 is 2.20 bits per heavy atom. The molecule has 4 heteroatoms. The van der Waals surface area contributed by atoms with Gasteiger partial charge >= 0.3 is 0 Å². The van der Waals surface area contributed by atoms with Crippen molar-refractivity contribution >= 4 is 5.71 Å². The fourth-order valence-corrected chi connectivity index (χ4v) is 1.26. The number of benzene rings is 1. The molecule has 0 aliphatic rings. The van der Waals surface area contributed by atoms with Crippen molar-refractivity contribution in [1.29, 1.82) is 5.41 Å². The van der Waals surface area contributed by atoms with E-state index in [4.69, 9.17) is 10.5 Å². The van der Waals surface area contributed by atoms with Crippen molar-refractivity contribution in [3.05, 3.63) is 29.6 Å². The van der Waals surface area contributed by atoms with Gasteiger partial charge in [0.2, 0.25) is 0 Å². The van der Waals surface area contributed by atoms with Gasteiger partial charge < -0.3 is 15.6 Å². The van der Waals surface area contributed by atoms with Crippen molar-refractivity contribution in [2.45, 2.75) is 25.9 Å². The first-order valence-corrected chi connectivity index (χ1v) is 4.71. The van der Waals surface area contributed by atoms with Gasteiger partial charge in [0.1, 0.15) is 0 Å². The monoisotopic (exact) mass is 210 g/mol. The van der Waals surface area contributed by atoms with Gasteiger partial charge in [-0.15, -0.1) is 0 Å². The fourth-order valence-electron chi connectivity index (χ4n) is 1.26. The first-order valence-electron chi connectivity index (χ1n) is 4.71. The number of phenolic OH excluding ortho intramolecular Hbond substituents is 1. The highest BCUT2D eigenvalue weighted by Crippen LogP contribution is 2.24. The Balaban J connectivity index is 2.69. The van der Waals surface area contributed by atoms with Crippen LogP contribution in [0.3, 0.4) is 0 Å². The highest BCUT2D eigenvalue weighted by Gasteiger charge is 2.10. The number of rotatable bonds is 4. The molecular formula is C11H14FNO2. The lowest BCUT2D eigenvalue weighted by Crippen LogP contribution is -2.00. The Morgan fingerprint density at radius 1 is 1.53 bits per heavy atom. The molecule has 82 valence electrons. The number of nitrogens with one attached hydrogen (secondary N) is 1. The van der Waals surface area contributed by atoms with Crippen LogP contribution in [0.25, 0.3) is 0 Å². The van der Waals surface area contributed by atoms with E-state index in [9.17, 15) is 9.50 Å². The predicted octanol–water partition coefficient (Wildman–Crippen LogP) is 2.38. The number of aliphatic hydroxyl groups excluding tert-OH is 1. The molecule has 0 aliphatic heterocycles. The molecule has 15 heavy (non-hydrogen) atoms. The maximum atomic E-state index is 12.7. The Labute approximate surface area is 87.7 Å². The molecule has 0 fully saturated rings. The molecule has 0 aromatic heterocycles. The van der Waals surface area contributed by atoms with Gasteiger partial charge in [0, 0.05) is 5.71 Å². The molecule has 1 aromatic carbocycles. The SMILES string of the molecule is CC(=N)CC[C@H](O)c1ccc([18F])c(O)c1. The molecule has 0 unspecified atom stereocenters. The molecular weight excluding hydrogens is 196 g/mol. The molecule has 0 bridgehead atoms. The second kappa shape index (κ2) is 4.89. The van der Waals surface area contributed by atoms with E-state index in [0.717, 1.165) is 6.07 Å². The molecule has 3 N–H and O–H groups in total. The number of hydrogen-bond donors (Lipinski definition) is 3. The van der Waals surface area contributed by atoms with Crippen LogP contribution in [0.5, 0.6) is 5.75 Å². The number of hydrogen-bond acceptors (Lipinski definition) is 3. The minimum Gasteiger partial charge on any atom is -0.505 e. The largest absolute Gasteiger partial charge is 0.505 e. The number of aromatic hydroxyl groups is 1. The van der Waals surface area contributed by atoms with E-state index in [-0.39, 0.29) is 0 Å². The Bertz CT molecular complexity index is 366. The summed E-state index contributed by atoms with van der Waals surface area (Å²) in [5.41, 5.74) is 0.954. The van der Waals surface area contributed by atoms with Crippen LogP contribution < -0.4 is 0 Å². The second-order valence-corrected chi connectivity index (χ2v) is 3.55. The summed E-state index contributed by atoms with van der Waals surface area (Å²) in [6, 6.07) is 3.75. The second-order valence-electron chi connectivity index (χ2n) is 3.55. The van der Waals surface area contributed by atoms with Gasteiger partial charge in [-0.3, -0.25) is 0 Å². The van der Waals surface area contributed by atoms with Crippen LogP contribution in [0.15, 0.2) is 18.2 Å². The standard InChI is InChI=1S/C11H14FNO2/c1-7(13)2-5-10(14)8-3-4-9(12)11(15)6-8/h3-4,6,10,13-15H,2,5H2,1H3/t10-/m0/s1/i12-1. The average molecular weight is 210 g/mol. The van der Waals surface area contributed by atoms with Gasteiger partial charge in [-0.05, 0) is 37.5 Å². The minimum atomic E-state index is -0.767. The third kappa shape index (κ3) is 3.32. The first-order chi connectivity index (χ1) is 7.00. The minimum absolute atomic E-state index is 0.403. The Morgan fingerprint density at radius 3 is 2.73 bits per heavy atom. The summed E-state index contributed by atoms with van der Waals surface area (Å²) in [5.74, 6) is -1.16. The van der Waals surface area contributed by atoms with E-state index in [1.807, 2.05) is 0 Å². The van der Waals surface area contributed by atoms with Gasteiger partial charge in [0.25, 0.3) is 0 Å². The van der Waals surface area contributed by atoms with Gasteiger partial charge in [-0.1, -0.05) is 6.07 Å². The van der Waals surface area contributed by atoms with E-state index in [2.05, 4.69) is 0 Å². The maximum absolute atomic E-state index is 12.7. The third-order valence-corrected chi connectivity index (χ3v) is 2.15. The molecule has 0 saturated carbocycles. The van der Waals surface area contributed by atoms with Crippen molar-refractivity contribution in [3.8, 4) is 5.75 Å². The van der Waals surface area contributed by atoms with Crippen LogP contribution in [0, 0.1) is 11.2 Å². The molecule has 0 heterocycles. The highest BCUT2D eigenvalue weighted by molar-refractivity contribution is 5.78. The van der Waals surface area contributed by atoms with Crippen LogP contribution in [0.2, 0.25) is 0 Å². The van der Waals surface area contributed by atoms with Crippen LogP contribution in [0.1, 0.15) is 31.4 Å². The smallest absolute Gasteiger partial charge is 0.164 e. The van der Waals surface area contributed by atoms with Crippen LogP contribution in [-0.4, -0.2) is 15.9 Å². The van der Waals surface area contributed by atoms with E-state index in [1.165, 1.54) is 12.1 Å². The number of aliphatic hydroxyl groups is 1. The lowest BCUT2D eigenvalue weighted by Gasteiger charge is -2.10. The molecule has 1 rings (SSSR count). The van der Waals surface area contributed by atoms with E-state index in [1.54, 1.807) is 6.92 Å². The molecule has 0 radical (unpaired) electrons. The van der Waals surface area contributed by atoms with E-state index in [0.29, 0.717) is 24.1 Å². The summed E-state index contributed by atoms with van der Waals surface area (Å²) < 4.78 is 12.7. The third-order valence-electron chi connectivity index (χ3n) is 2.15. The molecule has 3 nitrogen and oxygen atoms in total. The lowest BCUT2D eigenvalue weighted by atomic mass is 10.0. The molecule has 0 spiro atoms. The quantitative estimate of drug-likeness (QED) is 0.668. The zero-order chi connectivity index (χ0) is 11.4. The molecule has 0 amide bonds. The van der Waals surface area contributed by atoms with Crippen molar-refractivity contribution in [2.75, 3.05) is 0 Å². The lowest BCUT2D eigenvalue weighted by molar-refractivity contribution is 0.169. The van der Waals surface area contributed by atoms with E-state index < -0.39 is 17.7 Å². The summed E-state index contributed by atoms with van der Waals surface area (Å²) >= 11 is 0. The summed E-state index contributed by atoms with van der Waals surface area (Å²) in [4.78, 5) is 0. The maximum Gasteiger partial charge on any atom is 0.164 e. The van der Waals surface area contributed by atoms with Crippen LogP contribution in [-0.2, 0) is 0 Å². The zero-order valence-electron chi connectivity index (χ0n) is 8.50. The molecule has 1 aromatic rings. The summed E-state index contributed by atoms with van der Waals surface area (Å²) in [7, 11) is 0. The molecule has 0 aliphatic carbocycles. The topological polar surface area (TPSA) is 64.3 Å². The molecule has 1 atom stereocenters. The molecule has 0 saturated heterocycles. The van der Waals surface area contributed by atoms with Gasteiger partial charge in [0.05, 0.1) is 6.10 Å². The number of halogens is 1.